The van der Waals surface area contributed by atoms with Crippen LogP contribution < -0.4 is 10.6 Å². The van der Waals surface area contributed by atoms with E-state index < -0.39 is 10.8 Å². The molecule has 0 amide bonds. The molecule has 1 saturated carbocycles. The molecule has 1 fully saturated rings. The number of aliphatic imine (C=N–C) groups is 1. The quantitative estimate of drug-likeness (QED) is 0.641. The van der Waals surface area contributed by atoms with E-state index in [1.165, 1.54) is 5.56 Å². The topological polar surface area (TPSA) is 58.4 Å². The first-order chi connectivity index (χ1) is 10.6. The van der Waals surface area contributed by atoms with Crippen LogP contribution in [0, 0.1) is 0 Å². The molecule has 2 rings (SSSR count). The Morgan fingerprint density at radius 2 is 2.32 bits per heavy atom. The van der Waals surface area contributed by atoms with E-state index in [2.05, 4.69) is 27.9 Å². The Hall–Kier alpha value is -1.30. The minimum Gasteiger partial charge on any atom is -0.357 e. The number of rotatable bonds is 5. The van der Waals surface area contributed by atoms with Crippen LogP contribution in [0.4, 0.5) is 0 Å². The summed E-state index contributed by atoms with van der Waals surface area (Å²) in [4.78, 5) is 4.31. The molecule has 1 aromatic heterocycles. The van der Waals surface area contributed by atoms with Gasteiger partial charge in [0.2, 0.25) is 0 Å². The third-order valence-electron chi connectivity index (χ3n) is 4.20. The van der Waals surface area contributed by atoms with Crippen molar-refractivity contribution in [1.82, 2.24) is 15.2 Å². The van der Waals surface area contributed by atoms with Crippen LogP contribution in [0.5, 0.6) is 0 Å². The maximum Gasteiger partial charge on any atom is 0.191 e. The van der Waals surface area contributed by atoms with Crippen molar-refractivity contribution in [2.24, 2.45) is 12.0 Å². The maximum absolute atomic E-state index is 12.0. The first kappa shape index (κ1) is 17.1. The van der Waals surface area contributed by atoms with Crippen molar-refractivity contribution in [3.63, 3.8) is 0 Å². The molecule has 0 saturated heterocycles. The second-order valence-corrected chi connectivity index (χ2v) is 7.92. The van der Waals surface area contributed by atoms with Crippen LogP contribution in [-0.4, -0.2) is 38.8 Å². The molecular formula is C16H28N4OS. The fraction of sp³-hybridized carbons (Fsp3) is 0.688. The Bertz CT molecular complexity index is 526. The van der Waals surface area contributed by atoms with Gasteiger partial charge in [0, 0.05) is 60.9 Å². The van der Waals surface area contributed by atoms with E-state index >= 15 is 0 Å². The molecular weight excluding hydrogens is 296 g/mol. The van der Waals surface area contributed by atoms with Crippen molar-refractivity contribution in [1.29, 1.82) is 0 Å². The van der Waals surface area contributed by atoms with E-state index in [1.807, 2.05) is 24.7 Å². The van der Waals surface area contributed by atoms with E-state index in [-0.39, 0.29) is 0 Å². The van der Waals surface area contributed by atoms with Gasteiger partial charge in [-0.05, 0) is 30.9 Å². The minimum absolute atomic E-state index is 0.337. The molecule has 1 heterocycles. The lowest BCUT2D eigenvalue weighted by Gasteiger charge is -2.30. The van der Waals surface area contributed by atoms with Gasteiger partial charge >= 0.3 is 0 Å². The summed E-state index contributed by atoms with van der Waals surface area (Å²) in [6, 6.07) is 2.47. The monoisotopic (exact) mass is 324 g/mol. The lowest BCUT2D eigenvalue weighted by atomic mass is 9.95. The van der Waals surface area contributed by atoms with Crippen molar-refractivity contribution < 1.29 is 4.21 Å². The third-order valence-corrected chi connectivity index (χ3v) is 5.94. The zero-order valence-corrected chi connectivity index (χ0v) is 14.7. The summed E-state index contributed by atoms with van der Waals surface area (Å²) in [5.41, 5.74) is 1.24. The summed E-state index contributed by atoms with van der Waals surface area (Å²) >= 11 is 0. The smallest absolute Gasteiger partial charge is 0.191 e. The second kappa shape index (κ2) is 8.36. The summed E-state index contributed by atoms with van der Waals surface area (Å²) in [6.45, 7) is 2.77. The predicted molar refractivity (Wildman–Crippen MR) is 93.5 cm³/mol. The molecule has 0 aliphatic heterocycles. The first-order valence-electron chi connectivity index (χ1n) is 8.07. The van der Waals surface area contributed by atoms with Crippen LogP contribution in [0.15, 0.2) is 23.5 Å². The van der Waals surface area contributed by atoms with E-state index in [1.54, 1.807) is 7.05 Å². The summed E-state index contributed by atoms with van der Waals surface area (Å²) in [5, 5.41) is 7.18. The van der Waals surface area contributed by atoms with Crippen molar-refractivity contribution in [3.05, 3.63) is 24.0 Å². The average molecular weight is 324 g/mol. The van der Waals surface area contributed by atoms with Gasteiger partial charge in [-0.3, -0.25) is 9.20 Å². The Balaban J connectivity index is 1.83. The van der Waals surface area contributed by atoms with Gasteiger partial charge in [-0.25, -0.2) is 0 Å². The Morgan fingerprint density at radius 1 is 1.50 bits per heavy atom. The lowest BCUT2D eigenvalue weighted by Crippen LogP contribution is -2.46. The zero-order chi connectivity index (χ0) is 15.9. The van der Waals surface area contributed by atoms with Gasteiger partial charge in [-0.2, -0.15) is 0 Å². The SMILES string of the molecule is CCS(=O)C1CCCC(NC(=NC)NCc2ccn(C)c2)C1. The number of nitrogens with one attached hydrogen (secondary N) is 2. The molecule has 0 bridgehead atoms. The Labute approximate surface area is 136 Å². The molecule has 5 nitrogen and oxygen atoms in total. The van der Waals surface area contributed by atoms with Crippen molar-refractivity contribution in [2.75, 3.05) is 12.8 Å². The third kappa shape index (κ3) is 4.87. The molecule has 3 atom stereocenters. The minimum atomic E-state index is -0.685. The molecule has 22 heavy (non-hydrogen) atoms. The molecule has 6 heteroatoms. The standard InChI is InChI=1S/C16H28N4OS/c1-4-22(21)15-7-5-6-14(10-15)19-16(17-2)18-11-13-8-9-20(3)12-13/h8-9,12,14-15H,4-7,10-11H2,1-3H3,(H2,17,18,19). The summed E-state index contributed by atoms with van der Waals surface area (Å²) in [7, 11) is 3.13. The van der Waals surface area contributed by atoms with Gasteiger partial charge in [0.15, 0.2) is 5.96 Å². The van der Waals surface area contributed by atoms with Crippen LogP contribution in [0.1, 0.15) is 38.2 Å². The highest BCUT2D eigenvalue weighted by Crippen LogP contribution is 2.22. The number of aryl methyl sites for hydroxylation is 1. The van der Waals surface area contributed by atoms with Crippen molar-refractivity contribution in [2.45, 2.75) is 50.4 Å². The number of nitrogens with zero attached hydrogens (tertiary/aromatic N) is 2. The Morgan fingerprint density at radius 3 is 2.95 bits per heavy atom. The van der Waals surface area contributed by atoms with Gasteiger partial charge in [-0.15, -0.1) is 0 Å². The molecule has 1 aliphatic carbocycles. The van der Waals surface area contributed by atoms with Gasteiger partial charge in [0.05, 0.1) is 0 Å². The molecule has 0 spiro atoms. The highest BCUT2D eigenvalue weighted by atomic mass is 32.2. The average Bonchev–Trinajstić information content (AvgIpc) is 2.96. The first-order valence-corrected chi connectivity index (χ1v) is 9.45. The number of guanidine groups is 1. The number of hydrogen-bond donors (Lipinski definition) is 2. The van der Waals surface area contributed by atoms with E-state index in [0.29, 0.717) is 11.3 Å². The molecule has 0 radical (unpaired) electrons. The van der Waals surface area contributed by atoms with Crippen LogP contribution in [0.25, 0.3) is 0 Å². The summed E-state index contributed by atoms with van der Waals surface area (Å²) < 4.78 is 14.1. The van der Waals surface area contributed by atoms with E-state index in [4.69, 9.17) is 0 Å². The molecule has 1 aliphatic rings. The fourth-order valence-electron chi connectivity index (χ4n) is 2.99. The molecule has 3 unspecified atom stereocenters. The van der Waals surface area contributed by atoms with Crippen LogP contribution in [-0.2, 0) is 24.4 Å². The van der Waals surface area contributed by atoms with Gasteiger partial charge < -0.3 is 15.2 Å². The summed E-state index contributed by atoms with van der Waals surface area (Å²) in [6.07, 6.45) is 8.48. The number of hydrogen-bond acceptors (Lipinski definition) is 2. The van der Waals surface area contributed by atoms with Crippen LogP contribution >= 0.6 is 0 Å². The van der Waals surface area contributed by atoms with Crippen LogP contribution in [0.3, 0.4) is 0 Å². The van der Waals surface area contributed by atoms with Crippen LogP contribution in [0.2, 0.25) is 0 Å². The fourth-order valence-corrected chi connectivity index (χ4v) is 4.34. The molecule has 2 N–H and O–H groups in total. The highest BCUT2D eigenvalue weighted by Gasteiger charge is 2.25. The highest BCUT2D eigenvalue weighted by molar-refractivity contribution is 7.85. The van der Waals surface area contributed by atoms with E-state index in [9.17, 15) is 4.21 Å². The summed E-state index contributed by atoms with van der Waals surface area (Å²) in [5.74, 6) is 1.59. The predicted octanol–water partition coefficient (Wildman–Crippen LogP) is 1.77. The largest absolute Gasteiger partial charge is 0.357 e. The lowest BCUT2D eigenvalue weighted by molar-refractivity contribution is 0.413. The molecule has 0 aromatic carbocycles. The van der Waals surface area contributed by atoms with Gasteiger partial charge in [0.25, 0.3) is 0 Å². The number of aromatic nitrogens is 1. The Kier molecular flexibility index (Phi) is 6.49. The van der Waals surface area contributed by atoms with Crippen molar-refractivity contribution >= 4 is 16.8 Å². The van der Waals surface area contributed by atoms with Gasteiger partial charge in [0.1, 0.15) is 0 Å². The zero-order valence-electron chi connectivity index (χ0n) is 13.8. The normalized spacial score (nSPS) is 24.0. The van der Waals surface area contributed by atoms with Crippen molar-refractivity contribution in [3.8, 4) is 0 Å². The molecule has 124 valence electrons. The second-order valence-electron chi connectivity index (χ2n) is 5.91. The maximum atomic E-state index is 12.0. The van der Waals surface area contributed by atoms with E-state index in [0.717, 1.165) is 43.9 Å². The van der Waals surface area contributed by atoms with Gasteiger partial charge in [-0.1, -0.05) is 13.3 Å². The molecule has 1 aromatic rings.